The average molecular weight is 448 g/mol. The van der Waals surface area contributed by atoms with Gasteiger partial charge < -0.3 is 19.3 Å². The zero-order chi connectivity index (χ0) is 22.9. The normalized spacial score (nSPS) is 15.9. The molecule has 1 aromatic heterocycles. The fourth-order valence-corrected chi connectivity index (χ4v) is 4.22. The van der Waals surface area contributed by atoms with Crippen molar-refractivity contribution < 1.29 is 32.3 Å². The summed E-state index contributed by atoms with van der Waals surface area (Å²) in [7, 11) is 0. The van der Waals surface area contributed by atoms with Gasteiger partial charge in [-0.2, -0.15) is 13.2 Å². The second kappa shape index (κ2) is 8.72. The number of alkyl halides is 3. The number of rotatable bonds is 8. The average Bonchev–Trinajstić information content (AvgIpc) is 3.34. The Kier molecular flexibility index (Phi) is 5.99. The molecule has 2 aromatic carbocycles. The van der Waals surface area contributed by atoms with E-state index in [4.69, 9.17) is 9.26 Å². The van der Waals surface area contributed by atoms with Crippen molar-refractivity contribution in [3.05, 3.63) is 53.2 Å². The number of carbonyl (C=O) groups is 1. The van der Waals surface area contributed by atoms with Gasteiger partial charge >= 0.3 is 12.1 Å². The van der Waals surface area contributed by atoms with E-state index in [2.05, 4.69) is 5.16 Å². The van der Waals surface area contributed by atoms with Crippen molar-refractivity contribution >= 4 is 22.6 Å². The Morgan fingerprint density at radius 3 is 2.78 bits per heavy atom. The lowest BCUT2D eigenvalue weighted by molar-refractivity contribution is -0.141. The maximum absolute atomic E-state index is 13.2. The number of aliphatic carboxylic acids is 1. The van der Waals surface area contributed by atoms with Crippen LogP contribution in [-0.4, -0.2) is 35.9 Å². The van der Waals surface area contributed by atoms with Crippen LogP contribution in [-0.2, 0) is 17.4 Å². The zero-order valence-corrected chi connectivity index (χ0v) is 17.5. The molecule has 9 heteroatoms. The second-order valence-electron chi connectivity index (χ2n) is 7.80. The number of benzene rings is 2. The summed E-state index contributed by atoms with van der Waals surface area (Å²) in [4.78, 5) is 13.6. The topological polar surface area (TPSA) is 75.8 Å². The molecule has 1 unspecified atom stereocenters. The predicted octanol–water partition coefficient (Wildman–Crippen LogP) is 5.26. The highest BCUT2D eigenvalue weighted by atomic mass is 19.4. The van der Waals surface area contributed by atoms with E-state index in [0.717, 1.165) is 11.3 Å². The lowest BCUT2D eigenvalue weighted by atomic mass is 10.0. The number of aromatic nitrogens is 1. The molecule has 0 bridgehead atoms. The third-order valence-electron chi connectivity index (χ3n) is 5.65. The van der Waals surface area contributed by atoms with Gasteiger partial charge in [0, 0.05) is 24.3 Å². The van der Waals surface area contributed by atoms with Gasteiger partial charge in [0.25, 0.3) is 0 Å². The fourth-order valence-electron chi connectivity index (χ4n) is 4.22. The molecule has 0 saturated carbocycles. The second-order valence-corrected chi connectivity index (χ2v) is 7.80. The van der Waals surface area contributed by atoms with Crippen molar-refractivity contribution in [1.82, 2.24) is 5.16 Å². The molecule has 32 heavy (non-hydrogen) atoms. The Balaban J connectivity index is 1.45. The molecule has 1 aliphatic rings. The maximum atomic E-state index is 13.2. The maximum Gasteiger partial charge on any atom is 0.437 e. The van der Waals surface area contributed by atoms with Crippen LogP contribution < -0.4 is 9.64 Å². The summed E-state index contributed by atoms with van der Waals surface area (Å²) in [5.41, 5.74) is 1.37. The minimum atomic E-state index is -4.59. The lowest BCUT2D eigenvalue weighted by Gasteiger charge is -2.20. The smallest absolute Gasteiger partial charge is 0.437 e. The van der Waals surface area contributed by atoms with Crippen LogP contribution in [0.5, 0.6) is 5.75 Å². The molecular formula is C23H23F3N2O4. The van der Waals surface area contributed by atoms with Crippen LogP contribution >= 0.6 is 0 Å². The summed E-state index contributed by atoms with van der Waals surface area (Å²) >= 11 is 0. The number of carboxylic acid groups (broad SMARTS) is 1. The van der Waals surface area contributed by atoms with Crippen LogP contribution in [0, 0.1) is 0 Å². The Hall–Kier alpha value is -3.23. The Labute approximate surface area is 182 Å². The van der Waals surface area contributed by atoms with Gasteiger partial charge in [0.2, 0.25) is 0 Å². The van der Waals surface area contributed by atoms with E-state index in [-0.39, 0.29) is 11.0 Å². The van der Waals surface area contributed by atoms with Crippen molar-refractivity contribution in [1.29, 1.82) is 0 Å². The SMILES string of the molecule is CCCc1c(OCCCN2CC(C(=O)O)c3ccccc32)ccc2c(C(F)(F)F)noc12. The molecule has 0 radical (unpaired) electrons. The summed E-state index contributed by atoms with van der Waals surface area (Å²) in [5.74, 6) is -0.923. The number of carboxylic acids is 1. The Morgan fingerprint density at radius 2 is 2.06 bits per heavy atom. The highest BCUT2D eigenvalue weighted by Crippen LogP contribution is 2.39. The lowest BCUT2D eigenvalue weighted by Crippen LogP contribution is -2.26. The molecule has 0 amide bonds. The number of hydrogen-bond acceptors (Lipinski definition) is 5. The van der Waals surface area contributed by atoms with Gasteiger partial charge in [0.05, 0.1) is 12.0 Å². The molecule has 4 rings (SSSR count). The van der Waals surface area contributed by atoms with E-state index in [1.165, 1.54) is 12.1 Å². The number of halogens is 3. The van der Waals surface area contributed by atoms with Crippen LogP contribution in [0.15, 0.2) is 40.9 Å². The van der Waals surface area contributed by atoms with Crippen LogP contribution in [0.1, 0.15) is 42.5 Å². The molecular weight excluding hydrogens is 425 g/mol. The highest BCUT2D eigenvalue weighted by molar-refractivity contribution is 5.85. The summed E-state index contributed by atoms with van der Waals surface area (Å²) in [6, 6.07) is 10.3. The van der Waals surface area contributed by atoms with Gasteiger partial charge in [0.15, 0.2) is 11.3 Å². The fraction of sp³-hybridized carbons (Fsp3) is 0.391. The molecule has 0 aliphatic carbocycles. The third-order valence-corrected chi connectivity index (χ3v) is 5.65. The number of aryl methyl sites for hydroxylation is 1. The van der Waals surface area contributed by atoms with Crippen molar-refractivity contribution in [2.24, 2.45) is 0 Å². The van der Waals surface area contributed by atoms with Gasteiger partial charge in [-0.1, -0.05) is 36.7 Å². The van der Waals surface area contributed by atoms with Gasteiger partial charge in [-0.05, 0) is 36.6 Å². The zero-order valence-electron chi connectivity index (χ0n) is 17.5. The molecule has 2 heterocycles. The Bertz CT molecular complexity index is 1130. The summed E-state index contributed by atoms with van der Waals surface area (Å²) in [6.45, 7) is 3.26. The van der Waals surface area contributed by atoms with Gasteiger partial charge in [-0.15, -0.1) is 0 Å². The van der Waals surface area contributed by atoms with E-state index >= 15 is 0 Å². The van der Waals surface area contributed by atoms with Crippen LogP contribution in [0.4, 0.5) is 18.9 Å². The van der Waals surface area contributed by atoms with E-state index < -0.39 is 23.8 Å². The molecule has 1 N–H and O–H groups in total. The number of hydrogen-bond donors (Lipinski definition) is 1. The summed E-state index contributed by atoms with van der Waals surface area (Å²) < 4.78 is 50.4. The van der Waals surface area contributed by atoms with Crippen molar-refractivity contribution in [3.63, 3.8) is 0 Å². The molecule has 1 aliphatic heterocycles. The molecule has 1 atom stereocenters. The molecule has 0 saturated heterocycles. The van der Waals surface area contributed by atoms with Gasteiger partial charge in [-0.3, -0.25) is 4.79 Å². The molecule has 0 spiro atoms. The minimum Gasteiger partial charge on any atom is -0.493 e. The van der Waals surface area contributed by atoms with Crippen LogP contribution in [0.2, 0.25) is 0 Å². The first-order valence-corrected chi connectivity index (χ1v) is 10.5. The first-order chi connectivity index (χ1) is 15.3. The number of nitrogens with zero attached hydrogens (tertiary/aromatic N) is 2. The molecule has 3 aromatic rings. The van der Waals surface area contributed by atoms with Gasteiger partial charge in [0.1, 0.15) is 11.7 Å². The summed E-state index contributed by atoms with van der Waals surface area (Å²) in [5, 5.41) is 12.6. The first kappa shape index (κ1) is 22.0. The van der Waals surface area contributed by atoms with E-state index in [1.54, 1.807) is 0 Å². The van der Waals surface area contributed by atoms with Crippen LogP contribution in [0.25, 0.3) is 11.0 Å². The molecule has 170 valence electrons. The van der Waals surface area contributed by atoms with E-state index in [0.29, 0.717) is 50.3 Å². The standard InChI is InChI=1S/C23H23F3N2O4/c1-2-6-15-19(10-9-16-20(15)32-27-21(16)23(24,25)26)31-12-5-11-28-13-17(22(29)30)14-7-3-4-8-18(14)28/h3-4,7-10,17H,2,5-6,11-13H2,1H3,(H,29,30). The largest absolute Gasteiger partial charge is 0.493 e. The third kappa shape index (κ3) is 4.11. The minimum absolute atomic E-state index is 0.0679. The first-order valence-electron chi connectivity index (χ1n) is 10.5. The van der Waals surface area contributed by atoms with Crippen molar-refractivity contribution in [2.45, 2.75) is 38.3 Å². The Morgan fingerprint density at radius 1 is 1.28 bits per heavy atom. The number of anilines is 1. The highest BCUT2D eigenvalue weighted by Gasteiger charge is 2.38. The molecule has 0 fully saturated rings. The quantitative estimate of drug-likeness (QED) is 0.474. The van der Waals surface area contributed by atoms with E-state index in [9.17, 15) is 23.1 Å². The number of para-hydroxylation sites is 1. The van der Waals surface area contributed by atoms with Crippen molar-refractivity contribution in [3.8, 4) is 5.75 Å². The van der Waals surface area contributed by atoms with E-state index in [1.807, 2.05) is 36.1 Å². The number of fused-ring (bicyclic) bond motifs is 2. The van der Waals surface area contributed by atoms with Gasteiger partial charge in [-0.25, -0.2) is 0 Å². The van der Waals surface area contributed by atoms with Crippen LogP contribution in [0.3, 0.4) is 0 Å². The monoisotopic (exact) mass is 448 g/mol. The van der Waals surface area contributed by atoms with Crippen molar-refractivity contribution in [2.75, 3.05) is 24.6 Å². The molecule has 6 nitrogen and oxygen atoms in total. The summed E-state index contributed by atoms with van der Waals surface area (Å²) in [6.07, 6.45) is -2.76. The number of ether oxygens (including phenoxy) is 1. The predicted molar refractivity (Wildman–Crippen MR) is 112 cm³/mol.